The Hall–Kier alpha value is -3.33. The van der Waals surface area contributed by atoms with Crippen molar-refractivity contribution in [3.8, 4) is 6.07 Å². The van der Waals surface area contributed by atoms with Crippen molar-refractivity contribution in [3.05, 3.63) is 59.2 Å². The second-order valence-corrected chi connectivity index (χ2v) is 6.19. The van der Waals surface area contributed by atoms with Crippen molar-refractivity contribution in [1.29, 1.82) is 5.26 Å². The summed E-state index contributed by atoms with van der Waals surface area (Å²) < 4.78 is 0. The molecular weight excluding hydrogens is 326 g/mol. The van der Waals surface area contributed by atoms with Crippen molar-refractivity contribution in [2.24, 2.45) is 0 Å². The number of hydrogen-bond acceptors (Lipinski definition) is 6. The molecule has 0 aliphatic rings. The van der Waals surface area contributed by atoms with Crippen LogP contribution >= 0.6 is 0 Å². The molecule has 0 saturated heterocycles. The van der Waals surface area contributed by atoms with Gasteiger partial charge in [-0.2, -0.15) is 5.26 Å². The van der Waals surface area contributed by atoms with Crippen LogP contribution in [0.4, 0.5) is 5.82 Å². The van der Waals surface area contributed by atoms with Gasteiger partial charge in [0.2, 0.25) is 0 Å². The van der Waals surface area contributed by atoms with Crippen LogP contribution in [0.2, 0.25) is 0 Å². The maximum Gasteiger partial charge on any atom is 0.182 e. The topological polar surface area (TPSA) is 91.6 Å². The lowest BCUT2D eigenvalue weighted by atomic mass is 10.0. The standard InChI is InChI=1S/C20H19N5O/c1-13-8-14(2)16-10-15(11-21)20(25-17(16)9-13)24-5-3-4-19(26)18-12-22-6-7-23-18/h6-10,12H,3-5H2,1-2H3,(H,24,25). The fourth-order valence-electron chi connectivity index (χ4n) is 2.88. The molecule has 1 N–H and O–H groups in total. The maximum atomic E-state index is 12.0. The van der Waals surface area contributed by atoms with Gasteiger partial charge in [-0.3, -0.25) is 9.78 Å². The molecule has 0 saturated carbocycles. The molecule has 0 fully saturated rings. The third-order valence-electron chi connectivity index (χ3n) is 4.13. The lowest BCUT2D eigenvalue weighted by molar-refractivity contribution is 0.0976. The van der Waals surface area contributed by atoms with Gasteiger partial charge in [0.1, 0.15) is 17.6 Å². The smallest absolute Gasteiger partial charge is 0.182 e. The van der Waals surface area contributed by atoms with Crippen molar-refractivity contribution in [2.45, 2.75) is 26.7 Å². The normalized spacial score (nSPS) is 10.5. The summed E-state index contributed by atoms with van der Waals surface area (Å²) in [7, 11) is 0. The van der Waals surface area contributed by atoms with Gasteiger partial charge in [0.15, 0.2) is 5.78 Å². The number of nitrogens with zero attached hydrogens (tertiary/aromatic N) is 4. The van der Waals surface area contributed by atoms with Crippen LogP contribution in [0, 0.1) is 25.2 Å². The first-order valence-corrected chi connectivity index (χ1v) is 8.43. The molecule has 0 spiro atoms. The number of carbonyl (C=O) groups is 1. The number of rotatable bonds is 6. The molecule has 0 atom stereocenters. The molecule has 0 aliphatic carbocycles. The molecule has 0 unspecified atom stereocenters. The third kappa shape index (κ3) is 3.83. The monoisotopic (exact) mass is 345 g/mol. The Bertz CT molecular complexity index is 992. The molecule has 2 heterocycles. The zero-order chi connectivity index (χ0) is 18.5. The van der Waals surface area contributed by atoms with E-state index >= 15 is 0 Å². The number of anilines is 1. The Morgan fingerprint density at radius 2 is 2.08 bits per heavy atom. The number of hydrogen-bond donors (Lipinski definition) is 1. The highest BCUT2D eigenvalue weighted by molar-refractivity contribution is 5.93. The summed E-state index contributed by atoms with van der Waals surface area (Å²) in [5.41, 5.74) is 3.97. The summed E-state index contributed by atoms with van der Waals surface area (Å²) in [6.07, 6.45) is 5.50. The lowest BCUT2D eigenvalue weighted by Crippen LogP contribution is -2.09. The number of nitriles is 1. The number of benzene rings is 1. The van der Waals surface area contributed by atoms with Gasteiger partial charge in [-0.1, -0.05) is 6.07 Å². The van der Waals surface area contributed by atoms with Crippen LogP contribution in [0.15, 0.2) is 36.8 Å². The number of fused-ring (bicyclic) bond motifs is 1. The van der Waals surface area contributed by atoms with Gasteiger partial charge in [-0.05, 0) is 43.5 Å². The summed E-state index contributed by atoms with van der Waals surface area (Å²) in [6, 6.07) is 8.15. The average molecular weight is 345 g/mol. The largest absolute Gasteiger partial charge is 0.369 e. The highest BCUT2D eigenvalue weighted by atomic mass is 16.1. The lowest BCUT2D eigenvalue weighted by Gasteiger charge is -2.10. The Kier molecular flexibility index (Phi) is 5.18. The van der Waals surface area contributed by atoms with E-state index in [0.717, 1.165) is 22.0 Å². The van der Waals surface area contributed by atoms with E-state index in [-0.39, 0.29) is 5.78 Å². The summed E-state index contributed by atoms with van der Waals surface area (Å²) in [6.45, 7) is 4.59. The minimum atomic E-state index is -0.0434. The fraction of sp³-hybridized carbons (Fsp3) is 0.250. The van der Waals surface area contributed by atoms with Gasteiger partial charge in [-0.15, -0.1) is 0 Å². The van der Waals surface area contributed by atoms with Gasteiger partial charge < -0.3 is 5.32 Å². The fourth-order valence-corrected chi connectivity index (χ4v) is 2.88. The molecule has 130 valence electrons. The summed E-state index contributed by atoms with van der Waals surface area (Å²) >= 11 is 0. The molecule has 1 aromatic carbocycles. The molecule has 0 amide bonds. The minimum absolute atomic E-state index is 0.0434. The van der Waals surface area contributed by atoms with Crippen molar-refractivity contribution in [1.82, 2.24) is 15.0 Å². The zero-order valence-electron chi connectivity index (χ0n) is 14.8. The van der Waals surface area contributed by atoms with Gasteiger partial charge >= 0.3 is 0 Å². The summed E-state index contributed by atoms with van der Waals surface area (Å²) in [5, 5.41) is 13.6. The van der Waals surface area contributed by atoms with Crippen molar-refractivity contribution in [3.63, 3.8) is 0 Å². The number of aryl methyl sites for hydroxylation is 2. The first-order chi connectivity index (χ1) is 12.6. The van der Waals surface area contributed by atoms with Crippen LogP contribution in [-0.4, -0.2) is 27.3 Å². The van der Waals surface area contributed by atoms with Gasteiger partial charge in [0.05, 0.1) is 17.3 Å². The summed E-state index contributed by atoms with van der Waals surface area (Å²) in [4.78, 5) is 24.5. The predicted molar refractivity (Wildman–Crippen MR) is 100 cm³/mol. The van der Waals surface area contributed by atoms with Crippen LogP contribution in [0.25, 0.3) is 10.9 Å². The Morgan fingerprint density at radius 1 is 1.23 bits per heavy atom. The molecule has 0 aliphatic heterocycles. The van der Waals surface area contributed by atoms with E-state index in [0.29, 0.717) is 36.5 Å². The van der Waals surface area contributed by atoms with Gasteiger partial charge in [-0.25, -0.2) is 9.97 Å². The highest BCUT2D eigenvalue weighted by Gasteiger charge is 2.10. The van der Waals surface area contributed by atoms with E-state index in [2.05, 4.69) is 32.4 Å². The van der Waals surface area contributed by atoms with E-state index in [9.17, 15) is 10.1 Å². The SMILES string of the molecule is Cc1cc(C)c2cc(C#N)c(NCCCC(=O)c3cnccn3)nc2c1. The van der Waals surface area contributed by atoms with Gasteiger partial charge in [0.25, 0.3) is 0 Å². The maximum absolute atomic E-state index is 12.0. The van der Waals surface area contributed by atoms with Crippen LogP contribution in [0.3, 0.4) is 0 Å². The Morgan fingerprint density at radius 3 is 2.81 bits per heavy atom. The van der Waals surface area contributed by atoms with E-state index in [1.54, 1.807) is 0 Å². The third-order valence-corrected chi connectivity index (χ3v) is 4.13. The predicted octanol–water partition coefficient (Wildman–Crippen LogP) is 3.59. The second-order valence-electron chi connectivity index (χ2n) is 6.19. The van der Waals surface area contributed by atoms with Crippen LogP contribution in [0.5, 0.6) is 0 Å². The summed E-state index contributed by atoms with van der Waals surface area (Å²) in [5.74, 6) is 0.509. The molecule has 2 aromatic heterocycles. The number of carbonyl (C=O) groups excluding carboxylic acids is 1. The van der Waals surface area contributed by atoms with Crippen LogP contribution in [-0.2, 0) is 0 Å². The van der Waals surface area contributed by atoms with E-state index in [1.807, 2.05) is 26.0 Å². The molecule has 3 aromatic rings. The number of Topliss-reactive ketones (excluding diaryl/α,β-unsaturated/α-hetero) is 1. The first kappa shape index (κ1) is 17.5. The molecule has 6 nitrogen and oxygen atoms in total. The molecule has 3 rings (SSSR count). The van der Waals surface area contributed by atoms with Gasteiger partial charge in [0, 0.05) is 30.7 Å². The number of nitrogens with one attached hydrogen (secondary N) is 1. The van der Waals surface area contributed by atoms with E-state index in [1.165, 1.54) is 18.6 Å². The van der Waals surface area contributed by atoms with E-state index in [4.69, 9.17) is 0 Å². The average Bonchev–Trinajstić information content (AvgIpc) is 2.65. The van der Waals surface area contributed by atoms with E-state index < -0.39 is 0 Å². The van der Waals surface area contributed by atoms with Crippen molar-refractivity contribution in [2.75, 3.05) is 11.9 Å². The Labute approximate surface area is 151 Å². The Balaban J connectivity index is 1.69. The molecule has 6 heteroatoms. The van der Waals surface area contributed by atoms with Crippen LogP contribution in [0.1, 0.15) is 40.0 Å². The molecule has 0 bridgehead atoms. The molecule has 0 radical (unpaired) electrons. The highest BCUT2D eigenvalue weighted by Crippen LogP contribution is 2.24. The van der Waals surface area contributed by atoms with Crippen LogP contribution < -0.4 is 5.32 Å². The number of pyridine rings is 1. The quantitative estimate of drug-likeness (QED) is 0.542. The van der Waals surface area contributed by atoms with Crippen molar-refractivity contribution < 1.29 is 4.79 Å². The zero-order valence-corrected chi connectivity index (χ0v) is 14.8. The van der Waals surface area contributed by atoms with Crippen molar-refractivity contribution >= 4 is 22.5 Å². The number of ketones is 1. The molecular formula is C20H19N5O. The molecule has 26 heavy (non-hydrogen) atoms. The number of aromatic nitrogens is 3. The minimum Gasteiger partial charge on any atom is -0.369 e. The second kappa shape index (κ2) is 7.70. The first-order valence-electron chi connectivity index (χ1n) is 8.43.